The topological polar surface area (TPSA) is 54.9 Å². The summed E-state index contributed by atoms with van der Waals surface area (Å²) in [7, 11) is 0. The van der Waals surface area contributed by atoms with Gasteiger partial charge in [0, 0.05) is 44.3 Å². The fraction of sp³-hybridized carbons (Fsp3) is 0.333. The highest BCUT2D eigenvalue weighted by Crippen LogP contribution is 2.31. The summed E-state index contributed by atoms with van der Waals surface area (Å²) in [5, 5.41) is 0.914. The predicted molar refractivity (Wildman–Crippen MR) is 115 cm³/mol. The normalized spacial score (nSPS) is 19.5. The molecule has 2 aromatic carbocycles. The molecule has 1 unspecified atom stereocenters. The van der Waals surface area contributed by atoms with E-state index in [4.69, 9.17) is 9.47 Å². The minimum atomic E-state index is 0.00583. The van der Waals surface area contributed by atoms with Gasteiger partial charge in [-0.2, -0.15) is 0 Å². The zero-order chi connectivity index (χ0) is 20.3. The van der Waals surface area contributed by atoms with Crippen LogP contribution in [-0.4, -0.2) is 66.1 Å². The number of aromatic nitrogens is 1. The second kappa shape index (κ2) is 8.32. The Hall–Kier alpha value is -3.12. The van der Waals surface area contributed by atoms with Crippen LogP contribution >= 0.6 is 0 Å². The molecule has 2 aliphatic rings. The maximum Gasteiger partial charge on any atom is 0.254 e. The number of ether oxygens (including phenoxy) is 2. The Bertz CT molecular complexity index is 1050. The highest BCUT2D eigenvalue weighted by molar-refractivity contribution is 6.05. The molecule has 3 heterocycles. The van der Waals surface area contributed by atoms with Gasteiger partial charge in [-0.15, -0.1) is 0 Å². The zero-order valence-electron chi connectivity index (χ0n) is 16.9. The number of amides is 1. The quantitative estimate of drug-likeness (QED) is 0.672. The SMILES string of the molecule is O=C(c1ccnc2ccccc12)N1CCCN(CC2COc3ccccc3O2)CC1. The fourth-order valence-corrected chi connectivity index (χ4v) is 4.25. The van der Waals surface area contributed by atoms with Crippen LogP contribution in [0.5, 0.6) is 11.5 Å². The highest BCUT2D eigenvalue weighted by atomic mass is 16.6. The van der Waals surface area contributed by atoms with E-state index in [0.717, 1.165) is 60.6 Å². The molecule has 5 rings (SSSR count). The van der Waals surface area contributed by atoms with E-state index in [0.29, 0.717) is 13.2 Å². The van der Waals surface area contributed by atoms with Crippen LogP contribution in [-0.2, 0) is 0 Å². The van der Waals surface area contributed by atoms with Crippen LogP contribution in [0.15, 0.2) is 60.8 Å². The molecule has 6 heteroatoms. The fourth-order valence-electron chi connectivity index (χ4n) is 4.25. The molecule has 30 heavy (non-hydrogen) atoms. The van der Waals surface area contributed by atoms with Crippen molar-refractivity contribution < 1.29 is 14.3 Å². The van der Waals surface area contributed by atoms with Crippen molar-refractivity contribution in [3.8, 4) is 11.5 Å². The largest absolute Gasteiger partial charge is 0.486 e. The van der Waals surface area contributed by atoms with Gasteiger partial charge in [-0.25, -0.2) is 0 Å². The number of hydrogen-bond acceptors (Lipinski definition) is 5. The molecule has 0 N–H and O–H groups in total. The summed E-state index contributed by atoms with van der Waals surface area (Å²) < 4.78 is 12.0. The second-order valence-corrected chi connectivity index (χ2v) is 7.82. The standard InChI is InChI=1S/C24H25N3O3/c28-24(20-10-11-25-21-7-2-1-6-19(20)21)27-13-5-12-26(14-15-27)16-18-17-29-22-8-3-4-9-23(22)30-18/h1-4,6-11,18H,5,12-17H2. The van der Waals surface area contributed by atoms with Crippen LogP contribution in [0.25, 0.3) is 10.9 Å². The van der Waals surface area contributed by atoms with Gasteiger partial charge >= 0.3 is 0 Å². The molecule has 0 radical (unpaired) electrons. The van der Waals surface area contributed by atoms with Gasteiger partial charge in [0.2, 0.25) is 0 Å². The average molecular weight is 403 g/mol. The molecule has 0 saturated carbocycles. The highest BCUT2D eigenvalue weighted by Gasteiger charge is 2.26. The van der Waals surface area contributed by atoms with Crippen LogP contribution in [0.1, 0.15) is 16.8 Å². The number of rotatable bonds is 3. The Balaban J connectivity index is 1.23. The lowest BCUT2D eigenvalue weighted by molar-refractivity contribution is 0.0588. The molecule has 0 spiro atoms. The van der Waals surface area contributed by atoms with Gasteiger partial charge < -0.3 is 14.4 Å². The van der Waals surface area contributed by atoms with Crippen LogP contribution in [0, 0.1) is 0 Å². The van der Waals surface area contributed by atoms with E-state index >= 15 is 0 Å². The van der Waals surface area contributed by atoms with Crippen molar-refractivity contribution in [2.24, 2.45) is 0 Å². The lowest BCUT2D eigenvalue weighted by Crippen LogP contribution is -2.42. The number of para-hydroxylation sites is 3. The maximum atomic E-state index is 13.2. The first kappa shape index (κ1) is 18.9. The zero-order valence-corrected chi connectivity index (χ0v) is 16.9. The Morgan fingerprint density at radius 3 is 2.73 bits per heavy atom. The Morgan fingerprint density at radius 2 is 1.80 bits per heavy atom. The van der Waals surface area contributed by atoms with Gasteiger partial charge in [0.05, 0.1) is 11.1 Å². The minimum Gasteiger partial charge on any atom is -0.486 e. The van der Waals surface area contributed by atoms with Crippen molar-refractivity contribution in [2.45, 2.75) is 12.5 Å². The van der Waals surface area contributed by atoms with Crippen molar-refractivity contribution >= 4 is 16.8 Å². The summed E-state index contributed by atoms with van der Waals surface area (Å²) in [5.74, 6) is 1.71. The number of carbonyl (C=O) groups excluding carboxylic acids is 1. The summed E-state index contributed by atoms with van der Waals surface area (Å²) in [6.45, 7) is 4.60. The van der Waals surface area contributed by atoms with Crippen LogP contribution < -0.4 is 9.47 Å². The summed E-state index contributed by atoms with van der Waals surface area (Å²) in [5.41, 5.74) is 1.59. The predicted octanol–water partition coefficient (Wildman–Crippen LogP) is 3.22. The van der Waals surface area contributed by atoms with Crippen molar-refractivity contribution in [2.75, 3.05) is 39.3 Å². The van der Waals surface area contributed by atoms with Gasteiger partial charge in [0.15, 0.2) is 11.5 Å². The molecule has 1 saturated heterocycles. The Kier molecular flexibility index (Phi) is 5.24. The van der Waals surface area contributed by atoms with E-state index in [-0.39, 0.29) is 12.0 Å². The molecule has 1 fully saturated rings. The summed E-state index contributed by atoms with van der Waals surface area (Å²) in [4.78, 5) is 22.0. The molecule has 2 aliphatic heterocycles. The molecular weight excluding hydrogens is 378 g/mol. The molecule has 6 nitrogen and oxygen atoms in total. The van der Waals surface area contributed by atoms with E-state index < -0.39 is 0 Å². The van der Waals surface area contributed by atoms with E-state index in [1.165, 1.54) is 0 Å². The van der Waals surface area contributed by atoms with Crippen molar-refractivity contribution in [3.63, 3.8) is 0 Å². The second-order valence-electron chi connectivity index (χ2n) is 7.82. The van der Waals surface area contributed by atoms with Gasteiger partial charge in [-0.1, -0.05) is 30.3 Å². The summed E-state index contributed by atoms with van der Waals surface area (Å²) >= 11 is 0. The lowest BCUT2D eigenvalue weighted by atomic mass is 10.1. The first-order chi connectivity index (χ1) is 14.8. The van der Waals surface area contributed by atoms with Crippen molar-refractivity contribution in [1.82, 2.24) is 14.8 Å². The average Bonchev–Trinajstić information content (AvgIpc) is 3.04. The molecule has 1 atom stereocenters. The Morgan fingerprint density at radius 1 is 0.967 bits per heavy atom. The van der Waals surface area contributed by atoms with Gasteiger partial charge in [0.1, 0.15) is 12.7 Å². The first-order valence-electron chi connectivity index (χ1n) is 10.5. The number of carbonyl (C=O) groups is 1. The number of hydrogen-bond donors (Lipinski definition) is 0. The summed E-state index contributed by atoms with van der Waals surface area (Å²) in [6, 6.07) is 17.4. The van der Waals surface area contributed by atoms with Gasteiger partial charge in [-0.3, -0.25) is 14.7 Å². The molecule has 3 aromatic rings. The lowest BCUT2D eigenvalue weighted by Gasteiger charge is -2.30. The molecule has 1 aromatic heterocycles. The monoisotopic (exact) mass is 403 g/mol. The van der Waals surface area contributed by atoms with Crippen LogP contribution in [0.4, 0.5) is 0 Å². The summed E-state index contributed by atoms with van der Waals surface area (Å²) in [6.07, 6.45) is 2.67. The van der Waals surface area contributed by atoms with E-state index in [1.54, 1.807) is 6.20 Å². The number of nitrogens with zero attached hydrogens (tertiary/aromatic N) is 3. The van der Waals surface area contributed by atoms with Crippen LogP contribution in [0.3, 0.4) is 0 Å². The number of pyridine rings is 1. The van der Waals surface area contributed by atoms with E-state index in [2.05, 4.69) is 9.88 Å². The first-order valence-corrected chi connectivity index (χ1v) is 10.5. The van der Waals surface area contributed by atoms with Crippen LogP contribution in [0.2, 0.25) is 0 Å². The van der Waals surface area contributed by atoms with E-state index in [1.807, 2.05) is 59.5 Å². The van der Waals surface area contributed by atoms with E-state index in [9.17, 15) is 4.79 Å². The molecule has 0 aliphatic carbocycles. The third-order valence-electron chi connectivity index (χ3n) is 5.78. The number of benzene rings is 2. The third kappa shape index (κ3) is 3.83. The van der Waals surface area contributed by atoms with Crippen molar-refractivity contribution in [1.29, 1.82) is 0 Å². The minimum absolute atomic E-state index is 0.00583. The molecule has 1 amide bonds. The number of fused-ring (bicyclic) bond motifs is 2. The molecule has 0 bridgehead atoms. The van der Waals surface area contributed by atoms with Crippen molar-refractivity contribution in [3.05, 3.63) is 66.4 Å². The molecular formula is C24H25N3O3. The Labute approximate surface area is 176 Å². The third-order valence-corrected chi connectivity index (χ3v) is 5.78. The van der Waals surface area contributed by atoms with Gasteiger partial charge in [-0.05, 0) is 30.7 Å². The van der Waals surface area contributed by atoms with Gasteiger partial charge in [0.25, 0.3) is 5.91 Å². The smallest absolute Gasteiger partial charge is 0.254 e. The molecule has 154 valence electrons. The maximum absolute atomic E-state index is 13.2.